The van der Waals surface area contributed by atoms with Crippen molar-refractivity contribution in [1.82, 2.24) is 4.90 Å². The van der Waals surface area contributed by atoms with Crippen LogP contribution in [0.1, 0.15) is 52.4 Å². The van der Waals surface area contributed by atoms with Crippen LogP contribution in [0.2, 0.25) is 5.02 Å². The molecule has 0 bridgehead atoms. The second-order valence-corrected chi connectivity index (χ2v) is 8.64. The van der Waals surface area contributed by atoms with Gasteiger partial charge in [-0.3, -0.25) is 9.59 Å². The van der Waals surface area contributed by atoms with E-state index in [2.05, 4.69) is 5.32 Å². The summed E-state index contributed by atoms with van der Waals surface area (Å²) in [6, 6.07) is 8.55. The fourth-order valence-corrected chi connectivity index (χ4v) is 4.54. The van der Waals surface area contributed by atoms with Crippen LogP contribution in [-0.2, 0) is 11.2 Å². The number of phenols is 1. The van der Waals surface area contributed by atoms with Crippen molar-refractivity contribution in [3.05, 3.63) is 57.6 Å². The van der Waals surface area contributed by atoms with E-state index < -0.39 is 0 Å². The van der Waals surface area contributed by atoms with E-state index >= 15 is 0 Å². The second-order valence-electron chi connectivity index (χ2n) is 8.24. The van der Waals surface area contributed by atoms with Gasteiger partial charge in [-0.1, -0.05) is 11.6 Å². The summed E-state index contributed by atoms with van der Waals surface area (Å²) < 4.78 is 0. The Morgan fingerprint density at radius 3 is 2.70 bits per heavy atom. The maximum atomic E-state index is 13.0. The predicted octanol–water partition coefficient (Wildman–Crippen LogP) is 3.79. The van der Waals surface area contributed by atoms with Crippen LogP contribution in [0.25, 0.3) is 0 Å². The molecule has 1 atom stereocenters. The third-order valence-corrected chi connectivity index (χ3v) is 6.66. The Morgan fingerprint density at radius 2 is 1.97 bits per heavy atom. The lowest BCUT2D eigenvalue weighted by molar-refractivity contribution is -0.116. The van der Waals surface area contributed by atoms with Crippen molar-refractivity contribution < 1.29 is 14.7 Å². The molecule has 1 fully saturated rings. The second kappa shape index (κ2) is 8.28. The minimum atomic E-state index is -0.326. The summed E-state index contributed by atoms with van der Waals surface area (Å²) in [7, 11) is 0. The molecule has 0 aromatic heterocycles. The first kappa shape index (κ1) is 20.7. The molecular weight excluding hydrogens is 402 g/mol. The molecule has 4 rings (SSSR count). The van der Waals surface area contributed by atoms with Gasteiger partial charge < -0.3 is 21.1 Å². The Bertz CT molecular complexity index is 999. The lowest BCUT2D eigenvalue weighted by Crippen LogP contribution is -2.41. The van der Waals surface area contributed by atoms with Gasteiger partial charge in [0.25, 0.3) is 5.91 Å². The molecule has 30 heavy (non-hydrogen) atoms. The van der Waals surface area contributed by atoms with Crippen LogP contribution in [0.15, 0.2) is 30.3 Å². The van der Waals surface area contributed by atoms with E-state index in [-0.39, 0.29) is 29.5 Å². The van der Waals surface area contributed by atoms with Crippen LogP contribution in [0.5, 0.6) is 5.75 Å². The van der Waals surface area contributed by atoms with E-state index in [1.807, 2.05) is 24.0 Å². The maximum Gasteiger partial charge on any atom is 0.253 e. The number of piperidine rings is 1. The molecule has 0 unspecified atom stereocenters. The number of carbonyl (C=O) groups excluding carboxylic acids is 2. The molecule has 4 N–H and O–H groups in total. The Labute approximate surface area is 181 Å². The predicted molar refractivity (Wildman–Crippen MR) is 117 cm³/mol. The lowest BCUT2D eigenvalue weighted by atomic mass is 9.85. The number of amides is 2. The van der Waals surface area contributed by atoms with Gasteiger partial charge in [-0.15, -0.1) is 0 Å². The summed E-state index contributed by atoms with van der Waals surface area (Å²) >= 11 is 6.22. The number of phenolic OH excluding ortho intramolecular Hbond substituents is 1. The minimum Gasteiger partial charge on any atom is -0.508 e. The number of aryl methyl sites for hydroxylation is 2. The summed E-state index contributed by atoms with van der Waals surface area (Å²) in [5.74, 6) is 0.352. The zero-order valence-electron chi connectivity index (χ0n) is 17.0. The molecule has 0 radical (unpaired) electrons. The Balaban J connectivity index is 1.41. The third-order valence-electron chi connectivity index (χ3n) is 6.25. The average Bonchev–Trinajstić information content (AvgIpc) is 2.75. The van der Waals surface area contributed by atoms with Crippen LogP contribution >= 0.6 is 11.6 Å². The average molecular weight is 428 g/mol. The number of aromatic hydroxyl groups is 1. The van der Waals surface area contributed by atoms with Crippen molar-refractivity contribution in [2.75, 3.05) is 18.4 Å². The molecule has 6 nitrogen and oxygen atoms in total. The van der Waals surface area contributed by atoms with E-state index in [4.69, 9.17) is 17.3 Å². The summed E-state index contributed by atoms with van der Waals surface area (Å²) in [4.78, 5) is 26.4. The normalized spacial score (nSPS) is 18.0. The van der Waals surface area contributed by atoms with E-state index in [1.54, 1.807) is 18.2 Å². The molecule has 2 aliphatic rings. The van der Waals surface area contributed by atoms with Crippen molar-refractivity contribution in [3.63, 3.8) is 0 Å². The fraction of sp³-hybridized carbons (Fsp3) is 0.391. The highest BCUT2D eigenvalue weighted by Gasteiger charge is 2.30. The van der Waals surface area contributed by atoms with E-state index in [1.165, 1.54) is 0 Å². The molecule has 7 heteroatoms. The smallest absolute Gasteiger partial charge is 0.253 e. The van der Waals surface area contributed by atoms with E-state index in [0.29, 0.717) is 42.1 Å². The largest absolute Gasteiger partial charge is 0.508 e. The number of fused-ring (bicyclic) bond motifs is 1. The van der Waals surface area contributed by atoms with Gasteiger partial charge in [0, 0.05) is 47.4 Å². The fourth-order valence-electron chi connectivity index (χ4n) is 4.36. The number of hydrogen-bond acceptors (Lipinski definition) is 4. The monoisotopic (exact) mass is 427 g/mol. The first-order valence-electron chi connectivity index (χ1n) is 10.3. The number of nitrogens with one attached hydrogen (secondary N) is 1. The quantitative estimate of drug-likeness (QED) is 0.694. The van der Waals surface area contributed by atoms with E-state index in [0.717, 1.165) is 29.7 Å². The molecule has 0 aliphatic carbocycles. The number of nitrogens with zero attached hydrogens (tertiary/aromatic N) is 1. The Kier molecular flexibility index (Phi) is 5.71. The number of carbonyl (C=O) groups is 2. The topological polar surface area (TPSA) is 95.7 Å². The van der Waals surface area contributed by atoms with Crippen LogP contribution in [0.3, 0.4) is 0 Å². The number of halogens is 1. The van der Waals surface area contributed by atoms with Crippen molar-refractivity contribution in [3.8, 4) is 5.75 Å². The van der Waals surface area contributed by atoms with Crippen LogP contribution in [-0.4, -0.2) is 34.9 Å². The highest BCUT2D eigenvalue weighted by atomic mass is 35.5. The zero-order valence-corrected chi connectivity index (χ0v) is 17.7. The van der Waals surface area contributed by atoms with Crippen LogP contribution in [0.4, 0.5) is 5.69 Å². The molecule has 2 amide bonds. The molecule has 2 aromatic carbocycles. The highest BCUT2D eigenvalue weighted by Crippen LogP contribution is 2.36. The summed E-state index contributed by atoms with van der Waals surface area (Å²) in [6.45, 7) is 3.08. The van der Waals surface area contributed by atoms with Crippen molar-refractivity contribution in [2.45, 2.75) is 38.6 Å². The van der Waals surface area contributed by atoms with Crippen molar-refractivity contribution in [2.24, 2.45) is 11.7 Å². The number of rotatable bonds is 3. The lowest BCUT2D eigenvalue weighted by Gasteiger charge is -2.35. The number of hydrogen-bond donors (Lipinski definition) is 3. The summed E-state index contributed by atoms with van der Waals surface area (Å²) in [6.07, 6.45) is 2.63. The molecule has 2 aliphatic heterocycles. The van der Waals surface area contributed by atoms with Gasteiger partial charge in [0.05, 0.1) is 0 Å². The molecular formula is C23H26ClN3O3. The zero-order chi connectivity index (χ0) is 21.4. The Morgan fingerprint density at radius 1 is 1.23 bits per heavy atom. The van der Waals surface area contributed by atoms with Gasteiger partial charge in [0.1, 0.15) is 5.75 Å². The standard InChI is InChI=1S/C23H26ClN3O3/c1-13-10-20(28)17(12-18(13)24)22(25)14-6-8-27(9-7-14)23(30)16-2-4-19-15(11-16)3-5-21(29)26-19/h2,4,10-12,14,22,28H,3,5-9,25H2,1H3,(H,26,29)/t22-/m1/s1. The van der Waals surface area contributed by atoms with Crippen molar-refractivity contribution in [1.29, 1.82) is 0 Å². The first-order valence-corrected chi connectivity index (χ1v) is 10.7. The summed E-state index contributed by atoms with van der Waals surface area (Å²) in [5.41, 5.74) is 10.4. The molecule has 0 spiro atoms. The first-order chi connectivity index (χ1) is 14.3. The molecule has 2 aromatic rings. The maximum absolute atomic E-state index is 13.0. The van der Waals surface area contributed by atoms with Crippen LogP contribution < -0.4 is 11.1 Å². The van der Waals surface area contributed by atoms with Gasteiger partial charge in [0.2, 0.25) is 5.91 Å². The molecule has 0 saturated carbocycles. The van der Waals surface area contributed by atoms with Gasteiger partial charge in [-0.05, 0) is 73.6 Å². The SMILES string of the molecule is Cc1cc(O)c([C@H](N)C2CCN(C(=O)c3ccc4c(c3)CCC(=O)N4)CC2)cc1Cl. The number of likely N-dealkylation sites (tertiary alicyclic amines) is 1. The number of nitrogens with two attached hydrogens (primary N) is 1. The third kappa shape index (κ3) is 4.02. The van der Waals surface area contributed by atoms with Gasteiger partial charge in [-0.25, -0.2) is 0 Å². The molecule has 2 heterocycles. The van der Waals surface area contributed by atoms with Crippen molar-refractivity contribution >= 4 is 29.1 Å². The number of anilines is 1. The van der Waals surface area contributed by atoms with Gasteiger partial charge in [0.15, 0.2) is 0 Å². The van der Waals surface area contributed by atoms with E-state index in [9.17, 15) is 14.7 Å². The van der Waals surface area contributed by atoms with Gasteiger partial charge >= 0.3 is 0 Å². The number of benzene rings is 2. The van der Waals surface area contributed by atoms with Gasteiger partial charge in [-0.2, -0.15) is 0 Å². The molecule has 1 saturated heterocycles. The highest BCUT2D eigenvalue weighted by molar-refractivity contribution is 6.31. The van der Waals surface area contributed by atoms with Crippen LogP contribution in [0, 0.1) is 12.8 Å². The molecule has 158 valence electrons. The minimum absolute atomic E-state index is 0.00273. The summed E-state index contributed by atoms with van der Waals surface area (Å²) in [5, 5.41) is 13.7. The Hall–Kier alpha value is -2.57.